The quantitative estimate of drug-likeness (QED) is 0.925. The molecule has 0 radical (unpaired) electrons. The van der Waals surface area contributed by atoms with Gasteiger partial charge in [-0.2, -0.15) is 4.98 Å². The normalized spacial score (nSPS) is 22.0. The van der Waals surface area contributed by atoms with Gasteiger partial charge in [0.1, 0.15) is 5.69 Å². The van der Waals surface area contributed by atoms with Crippen molar-refractivity contribution in [3.8, 4) is 11.5 Å². The number of nitrogens with one attached hydrogen (secondary N) is 1. The molecule has 2 aromatic heterocycles. The lowest BCUT2D eigenvalue weighted by Crippen LogP contribution is -2.41. The SMILES string of the molecule is C[C@@H]1CCCC[C@H]1NC(=O)c1nc(-c2cnccn2)no1. The highest BCUT2D eigenvalue weighted by molar-refractivity contribution is 5.90. The number of aromatic nitrogens is 4. The molecule has 3 rings (SSSR count). The molecule has 1 N–H and O–H groups in total. The van der Waals surface area contributed by atoms with Crippen LogP contribution < -0.4 is 5.32 Å². The van der Waals surface area contributed by atoms with Gasteiger partial charge in [0.05, 0.1) is 6.20 Å². The molecule has 2 aromatic rings. The number of carbonyl (C=O) groups is 1. The van der Waals surface area contributed by atoms with E-state index < -0.39 is 0 Å². The van der Waals surface area contributed by atoms with Crippen LogP contribution in [0.15, 0.2) is 23.1 Å². The zero-order valence-electron chi connectivity index (χ0n) is 11.8. The molecule has 2 heterocycles. The van der Waals surface area contributed by atoms with Gasteiger partial charge in [0.15, 0.2) is 0 Å². The topological polar surface area (TPSA) is 93.8 Å². The predicted octanol–water partition coefficient (Wildman–Crippen LogP) is 1.84. The van der Waals surface area contributed by atoms with E-state index in [0.29, 0.717) is 11.6 Å². The fourth-order valence-corrected chi connectivity index (χ4v) is 2.60. The van der Waals surface area contributed by atoms with E-state index in [1.54, 1.807) is 6.20 Å². The highest BCUT2D eigenvalue weighted by Crippen LogP contribution is 2.24. The number of hydrogen-bond acceptors (Lipinski definition) is 6. The summed E-state index contributed by atoms with van der Waals surface area (Å²) in [7, 11) is 0. The molecule has 0 aliphatic heterocycles. The van der Waals surface area contributed by atoms with E-state index >= 15 is 0 Å². The zero-order chi connectivity index (χ0) is 14.7. The van der Waals surface area contributed by atoms with Crippen molar-refractivity contribution in [1.82, 2.24) is 25.4 Å². The van der Waals surface area contributed by atoms with Crippen LogP contribution >= 0.6 is 0 Å². The van der Waals surface area contributed by atoms with Gasteiger partial charge in [0.2, 0.25) is 5.82 Å². The van der Waals surface area contributed by atoms with E-state index in [2.05, 4.69) is 32.3 Å². The van der Waals surface area contributed by atoms with Gasteiger partial charge in [-0.05, 0) is 18.8 Å². The van der Waals surface area contributed by atoms with Gasteiger partial charge in [-0.15, -0.1) is 0 Å². The van der Waals surface area contributed by atoms with E-state index in [9.17, 15) is 4.79 Å². The predicted molar refractivity (Wildman–Crippen MR) is 74.2 cm³/mol. The second-order valence-electron chi connectivity index (χ2n) is 5.36. The summed E-state index contributed by atoms with van der Waals surface area (Å²) in [6.07, 6.45) is 9.12. The minimum Gasteiger partial charge on any atom is -0.345 e. The second kappa shape index (κ2) is 5.99. The molecule has 0 saturated heterocycles. The molecule has 2 atom stereocenters. The van der Waals surface area contributed by atoms with E-state index in [0.717, 1.165) is 19.3 Å². The Balaban J connectivity index is 1.69. The first-order valence-electron chi connectivity index (χ1n) is 7.15. The summed E-state index contributed by atoms with van der Waals surface area (Å²) >= 11 is 0. The first-order chi connectivity index (χ1) is 10.2. The summed E-state index contributed by atoms with van der Waals surface area (Å²) in [5.41, 5.74) is 0.478. The fourth-order valence-electron chi connectivity index (χ4n) is 2.60. The minimum atomic E-state index is -0.323. The van der Waals surface area contributed by atoms with Crippen molar-refractivity contribution >= 4 is 5.91 Å². The molecule has 1 saturated carbocycles. The van der Waals surface area contributed by atoms with Crippen LogP contribution in [0.3, 0.4) is 0 Å². The van der Waals surface area contributed by atoms with E-state index in [1.807, 2.05) is 0 Å². The van der Waals surface area contributed by atoms with Crippen LogP contribution in [-0.4, -0.2) is 32.1 Å². The van der Waals surface area contributed by atoms with Crippen molar-refractivity contribution in [3.63, 3.8) is 0 Å². The molecule has 0 aromatic carbocycles. The molecule has 1 aliphatic rings. The molecule has 1 amide bonds. The third-order valence-electron chi connectivity index (χ3n) is 3.84. The monoisotopic (exact) mass is 287 g/mol. The summed E-state index contributed by atoms with van der Waals surface area (Å²) < 4.78 is 5.02. The van der Waals surface area contributed by atoms with Gasteiger partial charge >= 0.3 is 11.8 Å². The van der Waals surface area contributed by atoms with E-state index in [4.69, 9.17) is 4.52 Å². The maximum Gasteiger partial charge on any atom is 0.316 e. The van der Waals surface area contributed by atoms with Crippen LogP contribution in [0.1, 0.15) is 43.3 Å². The van der Waals surface area contributed by atoms with Crippen LogP contribution in [0.4, 0.5) is 0 Å². The number of nitrogens with zero attached hydrogens (tertiary/aromatic N) is 4. The van der Waals surface area contributed by atoms with Gasteiger partial charge in [-0.25, -0.2) is 4.98 Å². The molecule has 21 heavy (non-hydrogen) atoms. The van der Waals surface area contributed by atoms with Gasteiger partial charge in [-0.1, -0.05) is 24.9 Å². The molecule has 0 spiro atoms. The standard InChI is InChI=1S/C14H17N5O2/c1-9-4-2-3-5-10(9)17-13(20)14-18-12(19-21-14)11-8-15-6-7-16-11/h6-10H,2-5H2,1H3,(H,17,20)/t9-,10-/m1/s1. The smallest absolute Gasteiger partial charge is 0.316 e. The van der Waals surface area contributed by atoms with Crippen molar-refractivity contribution in [2.45, 2.75) is 38.6 Å². The maximum absolute atomic E-state index is 12.2. The van der Waals surface area contributed by atoms with Crippen molar-refractivity contribution < 1.29 is 9.32 Å². The lowest BCUT2D eigenvalue weighted by atomic mass is 9.86. The average molecular weight is 287 g/mol. The summed E-state index contributed by atoms with van der Waals surface area (Å²) in [5, 5.41) is 6.75. The Morgan fingerprint density at radius 3 is 2.95 bits per heavy atom. The van der Waals surface area contributed by atoms with E-state index in [1.165, 1.54) is 18.8 Å². The molecular formula is C14H17N5O2. The summed E-state index contributed by atoms with van der Waals surface area (Å²) in [6, 6.07) is 0.179. The number of amides is 1. The van der Waals surface area contributed by atoms with Crippen LogP contribution in [-0.2, 0) is 0 Å². The molecule has 1 fully saturated rings. The van der Waals surface area contributed by atoms with Crippen LogP contribution in [0, 0.1) is 5.92 Å². The molecular weight excluding hydrogens is 270 g/mol. The van der Waals surface area contributed by atoms with Crippen LogP contribution in [0.2, 0.25) is 0 Å². The van der Waals surface area contributed by atoms with Gasteiger partial charge in [-0.3, -0.25) is 9.78 Å². The third kappa shape index (κ3) is 3.07. The van der Waals surface area contributed by atoms with Crippen molar-refractivity contribution in [3.05, 3.63) is 24.5 Å². The van der Waals surface area contributed by atoms with Gasteiger partial charge in [0, 0.05) is 18.4 Å². The van der Waals surface area contributed by atoms with Gasteiger partial charge in [0.25, 0.3) is 0 Å². The third-order valence-corrected chi connectivity index (χ3v) is 3.84. The Bertz CT molecular complexity index is 613. The fraction of sp³-hybridized carbons (Fsp3) is 0.500. The Morgan fingerprint density at radius 2 is 2.19 bits per heavy atom. The summed E-state index contributed by atoms with van der Waals surface area (Å²) in [5.74, 6) is 0.389. The molecule has 0 bridgehead atoms. The Morgan fingerprint density at radius 1 is 1.33 bits per heavy atom. The largest absolute Gasteiger partial charge is 0.345 e. The number of carbonyl (C=O) groups excluding carboxylic acids is 1. The summed E-state index contributed by atoms with van der Waals surface area (Å²) in [6.45, 7) is 2.16. The van der Waals surface area contributed by atoms with Crippen LogP contribution in [0.25, 0.3) is 11.5 Å². The van der Waals surface area contributed by atoms with Gasteiger partial charge < -0.3 is 9.84 Å². The molecule has 0 unspecified atom stereocenters. The lowest BCUT2D eigenvalue weighted by Gasteiger charge is -2.28. The first-order valence-corrected chi connectivity index (χ1v) is 7.15. The maximum atomic E-state index is 12.2. The lowest BCUT2D eigenvalue weighted by molar-refractivity contribution is 0.0865. The Kier molecular flexibility index (Phi) is 3.89. The summed E-state index contributed by atoms with van der Waals surface area (Å²) in [4.78, 5) is 24.2. The highest BCUT2D eigenvalue weighted by atomic mass is 16.5. The van der Waals surface area contributed by atoms with Crippen LogP contribution in [0.5, 0.6) is 0 Å². The number of hydrogen-bond donors (Lipinski definition) is 1. The molecule has 7 nitrogen and oxygen atoms in total. The van der Waals surface area contributed by atoms with E-state index in [-0.39, 0.29) is 23.7 Å². The zero-order valence-corrected chi connectivity index (χ0v) is 11.8. The Labute approximate surface area is 122 Å². The van der Waals surface area contributed by atoms with Crippen molar-refractivity contribution in [1.29, 1.82) is 0 Å². The van der Waals surface area contributed by atoms with Crippen molar-refractivity contribution in [2.75, 3.05) is 0 Å². The average Bonchev–Trinajstić information content (AvgIpc) is 3.00. The Hall–Kier alpha value is -2.31. The molecule has 7 heteroatoms. The molecule has 110 valence electrons. The molecule has 1 aliphatic carbocycles. The minimum absolute atomic E-state index is 0.0339. The highest BCUT2D eigenvalue weighted by Gasteiger charge is 2.25. The number of rotatable bonds is 3. The van der Waals surface area contributed by atoms with Crippen molar-refractivity contribution in [2.24, 2.45) is 5.92 Å². The first kappa shape index (κ1) is 13.7. The second-order valence-corrected chi connectivity index (χ2v) is 5.36.